The van der Waals surface area contributed by atoms with Crippen molar-refractivity contribution in [3.05, 3.63) is 94.1 Å². The van der Waals surface area contributed by atoms with Gasteiger partial charge in [-0.15, -0.1) is 11.3 Å². The van der Waals surface area contributed by atoms with Crippen LogP contribution in [-0.2, 0) is 7.05 Å². The first-order valence-electron chi connectivity index (χ1n) is 10.2. The minimum atomic E-state index is -0.241. The minimum Gasteiger partial charge on any atom is -0.494 e. The molecule has 0 N–H and O–H groups in total. The van der Waals surface area contributed by atoms with E-state index < -0.39 is 0 Å². The first-order chi connectivity index (χ1) is 15.1. The third-order valence-electron chi connectivity index (χ3n) is 5.08. The summed E-state index contributed by atoms with van der Waals surface area (Å²) in [5.74, 6) is 0.606. The van der Waals surface area contributed by atoms with Crippen molar-refractivity contribution in [2.45, 2.75) is 13.8 Å². The van der Waals surface area contributed by atoms with Crippen molar-refractivity contribution in [3.63, 3.8) is 0 Å². The molecule has 0 aliphatic heterocycles. The second kappa shape index (κ2) is 9.14. The van der Waals surface area contributed by atoms with Gasteiger partial charge in [-0.1, -0.05) is 48.5 Å². The standard InChI is InChI=1S/C26H24N2O2S/c1-4-30-21-16-14-20(15-17-21)24-18(2)31-26(28(24)3)27-25(29)23-13-9-8-12-22(23)19-10-6-5-7-11-19/h5-17H,4H2,1-3H3. The number of benzene rings is 3. The first kappa shape index (κ1) is 20.8. The summed E-state index contributed by atoms with van der Waals surface area (Å²) < 4.78 is 7.53. The Bertz CT molecular complexity index is 1270. The Labute approximate surface area is 186 Å². The molecule has 4 aromatic rings. The van der Waals surface area contributed by atoms with Gasteiger partial charge >= 0.3 is 0 Å². The van der Waals surface area contributed by atoms with Gasteiger partial charge in [-0.3, -0.25) is 4.79 Å². The van der Waals surface area contributed by atoms with Crippen LogP contribution in [0, 0.1) is 6.92 Å². The number of hydrogen-bond acceptors (Lipinski definition) is 3. The van der Waals surface area contributed by atoms with Crippen LogP contribution in [0.2, 0.25) is 0 Å². The average Bonchev–Trinajstić information content (AvgIpc) is 3.08. The topological polar surface area (TPSA) is 43.6 Å². The van der Waals surface area contributed by atoms with Crippen LogP contribution >= 0.6 is 11.3 Å². The monoisotopic (exact) mass is 428 g/mol. The lowest BCUT2D eigenvalue weighted by Gasteiger charge is -2.08. The first-order valence-corrected chi connectivity index (χ1v) is 11.0. The summed E-state index contributed by atoms with van der Waals surface area (Å²) in [5, 5.41) is 0. The molecule has 156 valence electrons. The van der Waals surface area contributed by atoms with Crippen LogP contribution in [0.5, 0.6) is 5.75 Å². The van der Waals surface area contributed by atoms with Crippen molar-refractivity contribution < 1.29 is 9.53 Å². The fraction of sp³-hybridized carbons (Fsp3) is 0.154. The molecule has 0 saturated heterocycles. The quantitative estimate of drug-likeness (QED) is 0.399. The third kappa shape index (κ3) is 4.37. The molecule has 4 nitrogen and oxygen atoms in total. The summed E-state index contributed by atoms with van der Waals surface area (Å²) in [6.07, 6.45) is 0. The van der Waals surface area contributed by atoms with Crippen LogP contribution in [0.15, 0.2) is 83.9 Å². The Morgan fingerprint density at radius 3 is 2.32 bits per heavy atom. The summed E-state index contributed by atoms with van der Waals surface area (Å²) >= 11 is 1.52. The highest BCUT2D eigenvalue weighted by atomic mass is 32.1. The Hall–Kier alpha value is -3.44. The SMILES string of the molecule is CCOc1ccc(-c2c(C)sc(=NC(=O)c3ccccc3-c3ccccc3)n2C)cc1. The third-order valence-corrected chi connectivity index (χ3v) is 6.13. The molecule has 0 aliphatic carbocycles. The molecular formula is C26H24N2O2S. The Morgan fingerprint density at radius 1 is 0.935 bits per heavy atom. The number of nitrogens with zero attached hydrogens (tertiary/aromatic N) is 2. The van der Waals surface area contributed by atoms with Gasteiger partial charge in [0.15, 0.2) is 4.80 Å². The number of aryl methyl sites for hydroxylation is 1. The van der Waals surface area contributed by atoms with Crippen LogP contribution in [0.4, 0.5) is 0 Å². The van der Waals surface area contributed by atoms with E-state index in [2.05, 4.69) is 11.9 Å². The van der Waals surface area contributed by atoms with Gasteiger partial charge in [-0.05, 0) is 60.9 Å². The van der Waals surface area contributed by atoms with Crippen molar-refractivity contribution in [3.8, 4) is 28.1 Å². The van der Waals surface area contributed by atoms with Gasteiger partial charge in [0.25, 0.3) is 5.91 Å². The molecule has 0 radical (unpaired) electrons. The molecule has 3 aromatic carbocycles. The number of rotatable bonds is 5. The van der Waals surface area contributed by atoms with E-state index in [-0.39, 0.29) is 5.91 Å². The smallest absolute Gasteiger partial charge is 0.280 e. The highest BCUT2D eigenvalue weighted by Crippen LogP contribution is 2.27. The molecule has 0 bridgehead atoms. The van der Waals surface area contributed by atoms with Gasteiger partial charge in [0.1, 0.15) is 5.75 Å². The number of hydrogen-bond donors (Lipinski definition) is 0. The molecule has 1 heterocycles. The van der Waals surface area contributed by atoms with Crippen molar-refractivity contribution in [1.29, 1.82) is 0 Å². The zero-order valence-corrected chi connectivity index (χ0v) is 18.6. The number of thiazole rings is 1. The second-order valence-electron chi connectivity index (χ2n) is 7.13. The Kier molecular flexibility index (Phi) is 6.14. The Morgan fingerprint density at radius 2 is 1.61 bits per heavy atom. The molecule has 31 heavy (non-hydrogen) atoms. The molecule has 0 fully saturated rings. The summed E-state index contributed by atoms with van der Waals surface area (Å²) in [4.78, 5) is 19.4. The normalized spacial score (nSPS) is 11.5. The molecule has 0 aliphatic rings. The van der Waals surface area contributed by atoms with E-state index in [1.807, 2.05) is 97.4 Å². The van der Waals surface area contributed by atoms with Crippen LogP contribution in [0.1, 0.15) is 22.2 Å². The summed E-state index contributed by atoms with van der Waals surface area (Å²) in [6, 6.07) is 25.5. The second-order valence-corrected chi connectivity index (χ2v) is 8.32. The van der Waals surface area contributed by atoms with E-state index in [1.54, 1.807) is 0 Å². The molecule has 0 saturated carbocycles. The Balaban J connectivity index is 1.73. The molecule has 0 atom stereocenters. The van der Waals surface area contributed by atoms with E-state index in [9.17, 15) is 4.79 Å². The molecule has 0 unspecified atom stereocenters. The summed E-state index contributed by atoms with van der Waals surface area (Å²) in [7, 11) is 1.95. The number of carbonyl (C=O) groups is 1. The lowest BCUT2D eigenvalue weighted by Crippen LogP contribution is -2.14. The van der Waals surface area contributed by atoms with Crippen molar-refractivity contribution >= 4 is 17.2 Å². The highest BCUT2D eigenvalue weighted by Gasteiger charge is 2.14. The van der Waals surface area contributed by atoms with Crippen LogP contribution < -0.4 is 9.54 Å². The summed E-state index contributed by atoms with van der Waals surface area (Å²) in [5.41, 5.74) is 4.61. The van der Waals surface area contributed by atoms with Gasteiger partial charge in [0.2, 0.25) is 0 Å². The lowest BCUT2D eigenvalue weighted by molar-refractivity contribution is 0.0998. The average molecular weight is 429 g/mol. The molecule has 1 aromatic heterocycles. The zero-order valence-electron chi connectivity index (χ0n) is 17.8. The van der Waals surface area contributed by atoms with E-state index in [0.717, 1.165) is 33.0 Å². The van der Waals surface area contributed by atoms with Gasteiger partial charge in [0, 0.05) is 17.5 Å². The van der Waals surface area contributed by atoms with E-state index in [1.165, 1.54) is 11.3 Å². The number of ether oxygens (including phenoxy) is 1. The number of aromatic nitrogens is 1. The van der Waals surface area contributed by atoms with E-state index in [4.69, 9.17) is 4.74 Å². The van der Waals surface area contributed by atoms with Gasteiger partial charge in [-0.2, -0.15) is 4.99 Å². The molecule has 1 amide bonds. The predicted molar refractivity (Wildman–Crippen MR) is 126 cm³/mol. The minimum absolute atomic E-state index is 0.241. The van der Waals surface area contributed by atoms with Gasteiger partial charge in [0.05, 0.1) is 12.3 Å². The lowest BCUT2D eigenvalue weighted by atomic mass is 9.99. The maximum atomic E-state index is 13.1. The van der Waals surface area contributed by atoms with Crippen molar-refractivity contribution in [1.82, 2.24) is 4.57 Å². The maximum Gasteiger partial charge on any atom is 0.280 e. The van der Waals surface area contributed by atoms with Crippen LogP contribution in [0.3, 0.4) is 0 Å². The predicted octanol–water partition coefficient (Wildman–Crippen LogP) is 5.87. The molecular weight excluding hydrogens is 404 g/mol. The van der Waals surface area contributed by atoms with Gasteiger partial charge in [-0.25, -0.2) is 0 Å². The maximum absolute atomic E-state index is 13.1. The van der Waals surface area contributed by atoms with E-state index in [0.29, 0.717) is 17.0 Å². The van der Waals surface area contributed by atoms with Crippen molar-refractivity contribution in [2.24, 2.45) is 12.0 Å². The van der Waals surface area contributed by atoms with Crippen LogP contribution in [-0.4, -0.2) is 17.1 Å². The zero-order chi connectivity index (χ0) is 21.8. The molecule has 4 rings (SSSR count). The highest BCUT2D eigenvalue weighted by molar-refractivity contribution is 7.09. The fourth-order valence-corrected chi connectivity index (χ4v) is 4.62. The summed E-state index contributed by atoms with van der Waals surface area (Å²) in [6.45, 7) is 4.66. The van der Waals surface area contributed by atoms with Gasteiger partial charge < -0.3 is 9.30 Å². The number of amides is 1. The van der Waals surface area contributed by atoms with E-state index >= 15 is 0 Å². The molecule has 5 heteroatoms. The fourth-order valence-electron chi connectivity index (χ4n) is 3.64. The van der Waals surface area contributed by atoms with Crippen molar-refractivity contribution in [2.75, 3.05) is 6.61 Å². The largest absolute Gasteiger partial charge is 0.494 e. The number of carbonyl (C=O) groups excluding carboxylic acids is 1. The van der Waals surface area contributed by atoms with Crippen LogP contribution in [0.25, 0.3) is 22.4 Å². The molecule has 0 spiro atoms.